The molecule has 0 aromatic carbocycles. The van der Waals surface area contributed by atoms with Gasteiger partial charge in [-0.15, -0.1) is 22.7 Å². The smallest absolute Gasteiger partial charge is 0.357 e. The van der Waals surface area contributed by atoms with Crippen LogP contribution in [0.15, 0.2) is 17.2 Å². The zero-order chi connectivity index (χ0) is 19.7. The number of rotatable bonds is 5. The van der Waals surface area contributed by atoms with Crippen molar-refractivity contribution in [1.82, 2.24) is 14.4 Å². The maximum Gasteiger partial charge on any atom is 0.357 e. The molecule has 0 radical (unpaired) electrons. The van der Waals surface area contributed by atoms with Gasteiger partial charge in [0.15, 0.2) is 15.8 Å². The van der Waals surface area contributed by atoms with Crippen LogP contribution >= 0.6 is 22.7 Å². The van der Waals surface area contributed by atoms with E-state index in [0.717, 1.165) is 9.75 Å². The predicted octanol–water partition coefficient (Wildman–Crippen LogP) is 2.76. The van der Waals surface area contributed by atoms with Gasteiger partial charge in [0.1, 0.15) is 5.56 Å². The van der Waals surface area contributed by atoms with Crippen molar-refractivity contribution in [3.8, 4) is 0 Å². The van der Waals surface area contributed by atoms with Gasteiger partial charge < -0.3 is 4.74 Å². The summed E-state index contributed by atoms with van der Waals surface area (Å²) in [7, 11) is 1.28. The van der Waals surface area contributed by atoms with Gasteiger partial charge in [-0.05, 0) is 19.3 Å². The Hall–Kier alpha value is -2.59. The lowest BCUT2D eigenvalue weighted by Crippen LogP contribution is -2.25. The van der Waals surface area contributed by atoms with Gasteiger partial charge in [-0.3, -0.25) is 19.3 Å². The minimum Gasteiger partial charge on any atom is -0.464 e. The van der Waals surface area contributed by atoms with E-state index in [9.17, 15) is 14.4 Å². The number of carbonyl (C=O) groups excluding carboxylic acids is 2. The monoisotopic (exact) mass is 406 g/mol. The second-order valence-corrected chi connectivity index (χ2v) is 8.60. The normalized spacial score (nSPS) is 11.1. The molecule has 0 aliphatic carbocycles. The van der Waals surface area contributed by atoms with E-state index in [1.807, 2.05) is 20.8 Å². The quantitative estimate of drug-likeness (QED) is 0.654. The van der Waals surface area contributed by atoms with Gasteiger partial charge in [0, 0.05) is 22.1 Å². The third-order valence-electron chi connectivity index (χ3n) is 3.66. The molecule has 0 aliphatic heterocycles. The lowest BCUT2D eigenvalue weighted by molar-refractivity contribution is 0.0593. The maximum atomic E-state index is 12.6. The molecule has 8 nitrogen and oxygen atoms in total. The van der Waals surface area contributed by atoms with Crippen molar-refractivity contribution in [2.45, 2.75) is 27.2 Å². The third kappa shape index (κ3) is 3.91. The summed E-state index contributed by atoms with van der Waals surface area (Å²) in [5.41, 5.74) is -0.357. The van der Waals surface area contributed by atoms with E-state index in [2.05, 4.69) is 15.3 Å². The Morgan fingerprint density at radius 1 is 1.33 bits per heavy atom. The number of esters is 1. The second-order valence-electron chi connectivity index (χ2n) is 6.31. The number of hydrogen-bond acceptors (Lipinski definition) is 8. The number of carbonyl (C=O) groups is 2. The summed E-state index contributed by atoms with van der Waals surface area (Å²) in [4.78, 5) is 47.5. The number of anilines is 1. The SMILES string of the molecule is COC(=O)c1nc(NC(=O)c2cnc3sc(C)cn3c2=O)sc1CC(C)C. The molecule has 0 spiro atoms. The highest BCUT2D eigenvalue weighted by Gasteiger charge is 2.22. The molecule has 0 bridgehead atoms. The van der Waals surface area contributed by atoms with Gasteiger partial charge in [0.2, 0.25) is 0 Å². The van der Waals surface area contributed by atoms with Gasteiger partial charge in [-0.2, -0.15) is 0 Å². The van der Waals surface area contributed by atoms with Crippen molar-refractivity contribution in [1.29, 1.82) is 0 Å². The topological polar surface area (TPSA) is 103 Å². The zero-order valence-electron chi connectivity index (χ0n) is 15.2. The summed E-state index contributed by atoms with van der Waals surface area (Å²) in [6, 6.07) is 0. The Kier molecular flexibility index (Phi) is 5.38. The highest BCUT2D eigenvalue weighted by molar-refractivity contribution is 7.17. The Morgan fingerprint density at radius 2 is 2.07 bits per heavy atom. The van der Waals surface area contributed by atoms with Gasteiger partial charge in [-0.1, -0.05) is 13.8 Å². The van der Waals surface area contributed by atoms with E-state index in [0.29, 0.717) is 17.3 Å². The number of amides is 1. The van der Waals surface area contributed by atoms with E-state index in [4.69, 9.17) is 4.74 Å². The predicted molar refractivity (Wildman–Crippen MR) is 104 cm³/mol. The van der Waals surface area contributed by atoms with Crippen molar-refractivity contribution in [3.63, 3.8) is 0 Å². The lowest BCUT2D eigenvalue weighted by atomic mass is 10.1. The number of methoxy groups -OCH3 is 1. The van der Waals surface area contributed by atoms with Crippen molar-refractivity contribution >= 4 is 44.6 Å². The number of hydrogen-bond donors (Lipinski definition) is 1. The van der Waals surface area contributed by atoms with E-state index < -0.39 is 17.4 Å². The molecule has 27 heavy (non-hydrogen) atoms. The number of aromatic nitrogens is 3. The van der Waals surface area contributed by atoms with Crippen LogP contribution < -0.4 is 10.9 Å². The lowest BCUT2D eigenvalue weighted by Gasteiger charge is -2.02. The molecule has 142 valence electrons. The molecular formula is C17H18N4O4S2. The Bertz CT molecular complexity index is 1080. The molecule has 1 N–H and O–H groups in total. The molecule has 0 saturated heterocycles. The second kappa shape index (κ2) is 7.57. The fourth-order valence-corrected chi connectivity index (χ4v) is 4.43. The van der Waals surface area contributed by atoms with Gasteiger partial charge in [0.25, 0.3) is 11.5 Å². The number of ether oxygens (including phenoxy) is 1. The zero-order valence-corrected chi connectivity index (χ0v) is 16.9. The van der Waals surface area contributed by atoms with Crippen LogP contribution in [0, 0.1) is 12.8 Å². The summed E-state index contributed by atoms with van der Waals surface area (Å²) >= 11 is 2.56. The van der Waals surface area contributed by atoms with Crippen LogP contribution in [0.25, 0.3) is 4.96 Å². The van der Waals surface area contributed by atoms with Crippen LogP contribution in [0.3, 0.4) is 0 Å². The van der Waals surface area contributed by atoms with Crippen LogP contribution in [0.2, 0.25) is 0 Å². The fraction of sp³-hybridized carbons (Fsp3) is 0.353. The minimum atomic E-state index is -0.619. The van der Waals surface area contributed by atoms with Crippen LogP contribution in [0.5, 0.6) is 0 Å². The summed E-state index contributed by atoms with van der Waals surface area (Å²) in [5, 5.41) is 2.83. The summed E-state index contributed by atoms with van der Waals surface area (Å²) < 4.78 is 6.11. The van der Waals surface area contributed by atoms with E-state index >= 15 is 0 Å². The number of aryl methyl sites for hydroxylation is 1. The Morgan fingerprint density at radius 3 is 2.74 bits per heavy atom. The number of fused-ring (bicyclic) bond motifs is 1. The van der Waals surface area contributed by atoms with E-state index in [1.165, 1.54) is 40.4 Å². The third-order valence-corrected chi connectivity index (χ3v) is 5.56. The summed E-state index contributed by atoms with van der Waals surface area (Å²) in [6.45, 7) is 5.89. The molecule has 3 heterocycles. The highest BCUT2D eigenvalue weighted by Crippen LogP contribution is 2.26. The first kappa shape index (κ1) is 19.2. The van der Waals surface area contributed by atoms with Gasteiger partial charge in [-0.25, -0.2) is 14.8 Å². The van der Waals surface area contributed by atoms with Crippen LogP contribution in [0.4, 0.5) is 5.13 Å². The number of nitrogens with zero attached hydrogens (tertiary/aromatic N) is 3. The van der Waals surface area contributed by atoms with Gasteiger partial charge >= 0.3 is 5.97 Å². The molecule has 0 unspecified atom stereocenters. The van der Waals surface area contributed by atoms with Crippen molar-refractivity contribution < 1.29 is 14.3 Å². The Balaban J connectivity index is 1.92. The van der Waals surface area contributed by atoms with E-state index in [-0.39, 0.29) is 16.4 Å². The van der Waals surface area contributed by atoms with Crippen LogP contribution in [0.1, 0.15) is 44.4 Å². The first-order valence-corrected chi connectivity index (χ1v) is 9.80. The average Bonchev–Trinajstić information content (AvgIpc) is 3.17. The van der Waals surface area contributed by atoms with Crippen LogP contribution in [-0.2, 0) is 11.2 Å². The maximum absolute atomic E-state index is 12.6. The minimum absolute atomic E-state index is 0.0921. The Labute approximate surface area is 162 Å². The average molecular weight is 406 g/mol. The first-order valence-electron chi connectivity index (χ1n) is 8.17. The standard InChI is InChI=1S/C17H18N4O4S2/c1-8(2)5-11-12(15(24)25-4)19-16(27-11)20-13(22)10-6-18-17-21(14(10)23)7-9(3)26-17/h6-8H,5H2,1-4H3,(H,19,20,22). The van der Waals surface area contributed by atoms with E-state index in [1.54, 1.807) is 6.20 Å². The number of nitrogens with one attached hydrogen (secondary N) is 1. The molecule has 3 rings (SSSR count). The molecule has 0 atom stereocenters. The molecule has 0 fully saturated rings. The summed E-state index contributed by atoms with van der Waals surface area (Å²) in [5.74, 6) is -0.873. The fourth-order valence-electron chi connectivity index (χ4n) is 2.49. The van der Waals surface area contributed by atoms with Crippen molar-refractivity contribution in [2.75, 3.05) is 12.4 Å². The molecule has 3 aromatic rings. The molecule has 3 aromatic heterocycles. The highest BCUT2D eigenvalue weighted by atomic mass is 32.1. The van der Waals surface area contributed by atoms with Crippen molar-refractivity contribution in [2.24, 2.45) is 5.92 Å². The van der Waals surface area contributed by atoms with Crippen LogP contribution in [-0.4, -0.2) is 33.4 Å². The largest absolute Gasteiger partial charge is 0.464 e. The first-order chi connectivity index (χ1) is 12.8. The van der Waals surface area contributed by atoms with Gasteiger partial charge in [0.05, 0.1) is 7.11 Å². The molecular weight excluding hydrogens is 388 g/mol. The van der Waals surface area contributed by atoms with Crippen molar-refractivity contribution in [3.05, 3.63) is 43.8 Å². The molecule has 10 heteroatoms. The summed E-state index contributed by atoms with van der Waals surface area (Å²) in [6.07, 6.45) is 3.53. The molecule has 0 aliphatic rings. The molecule has 0 saturated carbocycles. The number of thiazole rings is 2. The molecule has 1 amide bonds.